The third-order valence-corrected chi connectivity index (χ3v) is 5.80. The molecule has 0 amide bonds. The first-order chi connectivity index (χ1) is 12.2. The molecular formula is C19H27FN2O3. The summed E-state index contributed by atoms with van der Waals surface area (Å²) in [4.78, 5) is 6.55. The van der Waals surface area contributed by atoms with E-state index in [0.717, 1.165) is 51.5 Å². The zero-order chi connectivity index (χ0) is 17.1. The van der Waals surface area contributed by atoms with Crippen molar-refractivity contribution in [2.75, 3.05) is 39.5 Å². The SMILES string of the molecule is Fc1cccnc1OC1COC2(CCN(CC3CCOCC3)CC2)C1. The highest BCUT2D eigenvalue weighted by Crippen LogP contribution is 2.37. The maximum atomic E-state index is 13.7. The van der Waals surface area contributed by atoms with Crippen molar-refractivity contribution in [3.05, 3.63) is 24.1 Å². The lowest BCUT2D eigenvalue weighted by molar-refractivity contribution is -0.0492. The van der Waals surface area contributed by atoms with Crippen molar-refractivity contribution >= 4 is 0 Å². The van der Waals surface area contributed by atoms with Gasteiger partial charge in [-0.05, 0) is 43.7 Å². The first-order valence-electron chi connectivity index (χ1n) is 9.44. The van der Waals surface area contributed by atoms with Crippen molar-refractivity contribution in [2.45, 2.75) is 43.8 Å². The van der Waals surface area contributed by atoms with Gasteiger partial charge < -0.3 is 19.1 Å². The second kappa shape index (κ2) is 7.56. The van der Waals surface area contributed by atoms with Gasteiger partial charge in [-0.25, -0.2) is 9.37 Å². The Morgan fingerprint density at radius 1 is 1.28 bits per heavy atom. The van der Waals surface area contributed by atoms with Crippen molar-refractivity contribution in [3.8, 4) is 5.88 Å². The van der Waals surface area contributed by atoms with Gasteiger partial charge in [0.1, 0.15) is 6.10 Å². The maximum Gasteiger partial charge on any atom is 0.250 e. The molecule has 6 heteroatoms. The lowest BCUT2D eigenvalue weighted by atomic mass is 9.87. The largest absolute Gasteiger partial charge is 0.470 e. The molecule has 3 aliphatic heterocycles. The van der Waals surface area contributed by atoms with Crippen molar-refractivity contribution in [1.82, 2.24) is 9.88 Å². The third kappa shape index (κ3) is 4.13. The molecule has 4 heterocycles. The summed E-state index contributed by atoms with van der Waals surface area (Å²) < 4.78 is 31.0. The molecule has 3 fully saturated rings. The molecule has 1 atom stereocenters. The number of piperidine rings is 1. The average Bonchev–Trinajstić information content (AvgIpc) is 3.03. The second-order valence-electron chi connectivity index (χ2n) is 7.58. The van der Waals surface area contributed by atoms with E-state index < -0.39 is 5.82 Å². The van der Waals surface area contributed by atoms with Gasteiger partial charge in [-0.15, -0.1) is 0 Å². The number of nitrogens with zero attached hydrogens (tertiary/aromatic N) is 2. The summed E-state index contributed by atoms with van der Waals surface area (Å²) in [6.45, 7) is 5.67. The molecule has 138 valence electrons. The Morgan fingerprint density at radius 2 is 2.08 bits per heavy atom. The minimum absolute atomic E-state index is 0.0881. The molecule has 0 radical (unpaired) electrons. The molecule has 1 aromatic rings. The van der Waals surface area contributed by atoms with E-state index in [-0.39, 0.29) is 17.6 Å². The molecule has 3 aliphatic rings. The Kier molecular flexibility index (Phi) is 5.20. The van der Waals surface area contributed by atoms with E-state index >= 15 is 0 Å². The Labute approximate surface area is 148 Å². The monoisotopic (exact) mass is 350 g/mol. The van der Waals surface area contributed by atoms with Crippen LogP contribution in [0.25, 0.3) is 0 Å². The number of hydrogen-bond acceptors (Lipinski definition) is 5. The van der Waals surface area contributed by atoms with Gasteiger partial charge in [-0.1, -0.05) is 0 Å². The molecule has 1 aromatic heterocycles. The van der Waals surface area contributed by atoms with Crippen LogP contribution in [0.4, 0.5) is 4.39 Å². The van der Waals surface area contributed by atoms with Crippen LogP contribution in [0.5, 0.6) is 5.88 Å². The predicted molar refractivity (Wildman–Crippen MR) is 91.1 cm³/mol. The number of pyridine rings is 1. The van der Waals surface area contributed by atoms with Gasteiger partial charge in [0.2, 0.25) is 0 Å². The lowest BCUT2D eigenvalue weighted by Crippen LogP contribution is -2.46. The van der Waals surface area contributed by atoms with Crippen molar-refractivity contribution in [1.29, 1.82) is 0 Å². The Bertz CT molecular complexity index is 572. The predicted octanol–water partition coefficient (Wildman–Crippen LogP) is 2.65. The minimum Gasteiger partial charge on any atom is -0.470 e. The molecule has 25 heavy (non-hydrogen) atoms. The van der Waals surface area contributed by atoms with E-state index in [9.17, 15) is 4.39 Å². The molecule has 0 N–H and O–H groups in total. The molecule has 0 bridgehead atoms. The number of likely N-dealkylation sites (tertiary alicyclic amines) is 1. The average molecular weight is 350 g/mol. The van der Waals surface area contributed by atoms with Gasteiger partial charge in [0.05, 0.1) is 12.2 Å². The smallest absolute Gasteiger partial charge is 0.250 e. The standard InChI is InChI=1S/C19H27FN2O3/c20-17-2-1-7-21-18(17)25-16-12-19(24-14-16)5-8-22(9-6-19)13-15-3-10-23-11-4-15/h1-2,7,15-16H,3-6,8-14H2. The molecule has 5 nitrogen and oxygen atoms in total. The van der Waals surface area contributed by atoms with Crippen LogP contribution in [0.15, 0.2) is 18.3 Å². The Balaban J connectivity index is 1.26. The highest BCUT2D eigenvalue weighted by Gasteiger charge is 2.44. The number of ether oxygens (including phenoxy) is 3. The molecule has 0 saturated carbocycles. The minimum atomic E-state index is -0.408. The number of aromatic nitrogens is 1. The first-order valence-corrected chi connectivity index (χ1v) is 9.44. The van der Waals surface area contributed by atoms with Crippen LogP contribution in [0.3, 0.4) is 0 Å². The zero-order valence-corrected chi connectivity index (χ0v) is 14.7. The summed E-state index contributed by atoms with van der Waals surface area (Å²) in [6.07, 6.45) is 6.70. The van der Waals surface area contributed by atoms with Gasteiger partial charge in [-0.3, -0.25) is 0 Å². The maximum absolute atomic E-state index is 13.7. The normalized spacial score (nSPS) is 27.6. The van der Waals surface area contributed by atoms with Gasteiger partial charge in [0.15, 0.2) is 5.82 Å². The summed E-state index contributed by atoms with van der Waals surface area (Å²) in [5, 5.41) is 0. The van der Waals surface area contributed by atoms with Crippen LogP contribution in [-0.4, -0.2) is 61.0 Å². The Morgan fingerprint density at radius 3 is 2.84 bits per heavy atom. The quantitative estimate of drug-likeness (QED) is 0.835. The van der Waals surface area contributed by atoms with Crippen LogP contribution in [0, 0.1) is 11.7 Å². The number of halogens is 1. The summed E-state index contributed by atoms with van der Waals surface area (Å²) in [5.41, 5.74) is -0.0951. The molecule has 3 saturated heterocycles. The summed E-state index contributed by atoms with van der Waals surface area (Å²) in [6, 6.07) is 2.95. The Hall–Kier alpha value is -1.24. The van der Waals surface area contributed by atoms with Crippen LogP contribution in [-0.2, 0) is 9.47 Å². The molecule has 0 aliphatic carbocycles. The van der Waals surface area contributed by atoms with E-state index in [1.807, 2.05) is 0 Å². The van der Waals surface area contributed by atoms with Crippen LogP contribution in [0.1, 0.15) is 32.1 Å². The van der Waals surface area contributed by atoms with Gasteiger partial charge in [-0.2, -0.15) is 0 Å². The van der Waals surface area contributed by atoms with Gasteiger partial charge in [0, 0.05) is 45.5 Å². The highest BCUT2D eigenvalue weighted by atomic mass is 19.1. The van der Waals surface area contributed by atoms with E-state index in [2.05, 4.69) is 9.88 Å². The fourth-order valence-electron chi connectivity index (χ4n) is 4.28. The van der Waals surface area contributed by atoms with Gasteiger partial charge in [0.25, 0.3) is 5.88 Å². The highest BCUT2D eigenvalue weighted by molar-refractivity contribution is 5.13. The first kappa shape index (κ1) is 17.2. The van der Waals surface area contributed by atoms with E-state index in [1.165, 1.54) is 25.5 Å². The van der Waals surface area contributed by atoms with E-state index in [0.29, 0.717) is 6.61 Å². The summed E-state index contributed by atoms with van der Waals surface area (Å²) >= 11 is 0. The fraction of sp³-hybridized carbons (Fsp3) is 0.737. The summed E-state index contributed by atoms with van der Waals surface area (Å²) in [5.74, 6) is 0.454. The number of hydrogen-bond donors (Lipinski definition) is 0. The second-order valence-corrected chi connectivity index (χ2v) is 7.58. The molecule has 1 unspecified atom stereocenters. The third-order valence-electron chi connectivity index (χ3n) is 5.80. The molecule has 4 rings (SSSR count). The fourth-order valence-corrected chi connectivity index (χ4v) is 4.28. The molecule has 1 spiro atoms. The van der Waals surface area contributed by atoms with Crippen molar-refractivity contribution < 1.29 is 18.6 Å². The topological polar surface area (TPSA) is 43.8 Å². The van der Waals surface area contributed by atoms with E-state index in [1.54, 1.807) is 12.3 Å². The summed E-state index contributed by atoms with van der Waals surface area (Å²) in [7, 11) is 0. The van der Waals surface area contributed by atoms with Crippen molar-refractivity contribution in [3.63, 3.8) is 0 Å². The van der Waals surface area contributed by atoms with Crippen molar-refractivity contribution in [2.24, 2.45) is 5.92 Å². The lowest BCUT2D eigenvalue weighted by Gasteiger charge is -2.40. The van der Waals surface area contributed by atoms with Crippen LogP contribution in [0.2, 0.25) is 0 Å². The van der Waals surface area contributed by atoms with E-state index in [4.69, 9.17) is 14.2 Å². The van der Waals surface area contributed by atoms with Crippen LogP contribution >= 0.6 is 0 Å². The van der Waals surface area contributed by atoms with Crippen LogP contribution < -0.4 is 4.74 Å². The number of rotatable bonds is 4. The zero-order valence-electron chi connectivity index (χ0n) is 14.7. The molecular weight excluding hydrogens is 323 g/mol. The van der Waals surface area contributed by atoms with Gasteiger partial charge >= 0.3 is 0 Å². The molecule has 0 aromatic carbocycles.